The summed E-state index contributed by atoms with van der Waals surface area (Å²) < 4.78 is 5.27. The zero-order valence-corrected chi connectivity index (χ0v) is 22.5. The minimum Gasteiger partial charge on any atom is -0.466 e. The Morgan fingerprint density at radius 1 is 0.700 bits per heavy atom. The summed E-state index contributed by atoms with van der Waals surface area (Å²) in [6, 6.07) is 0. The van der Waals surface area contributed by atoms with Crippen LogP contribution in [0.1, 0.15) is 104 Å². The van der Waals surface area contributed by atoms with Crippen molar-refractivity contribution in [3.8, 4) is 0 Å². The minimum absolute atomic E-state index is 0.0888. The minimum atomic E-state index is -0.160. The van der Waals surface area contributed by atoms with E-state index in [0.717, 1.165) is 57.8 Å². The van der Waals surface area contributed by atoms with Crippen LogP contribution in [0.3, 0.4) is 0 Å². The Morgan fingerprint density at radius 2 is 1.37 bits per heavy atom. The number of carbonyl (C=O) groups excluding carboxylic acids is 1. The first kappa shape index (κ1) is 30.9. The summed E-state index contributed by atoms with van der Waals surface area (Å²) in [4.78, 5) is 11.8. The molecule has 0 aliphatic rings. The molecule has 7 heteroatoms. The van der Waals surface area contributed by atoms with Crippen LogP contribution in [0.25, 0.3) is 0 Å². The highest BCUT2D eigenvalue weighted by atomic mass is 35.5. The number of rotatable bonds is 20. The molecule has 0 aromatic heterocycles. The standard InChI is InChI=1S/C23H41Cl5O2/c1-3-5-6-7-8-16-30-23(29)15-13-19(25)12-14-22(28)21(27)11-9-10-20(26)17-18(24)4-2/h18-22H,3-17H2,1-2H3. The summed E-state index contributed by atoms with van der Waals surface area (Å²) in [6.07, 6.45) is 12.6. The summed E-state index contributed by atoms with van der Waals surface area (Å²) in [6.45, 7) is 4.76. The Labute approximate surface area is 210 Å². The Bertz CT molecular complexity index is 411. The lowest BCUT2D eigenvalue weighted by Crippen LogP contribution is -2.18. The van der Waals surface area contributed by atoms with Gasteiger partial charge in [0.1, 0.15) is 0 Å². The van der Waals surface area contributed by atoms with E-state index in [1.165, 1.54) is 19.3 Å². The second-order valence-electron chi connectivity index (χ2n) is 8.15. The molecule has 0 radical (unpaired) electrons. The van der Waals surface area contributed by atoms with Crippen LogP contribution in [0.4, 0.5) is 0 Å². The lowest BCUT2D eigenvalue weighted by Gasteiger charge is -2.18. The van der Waals surface area contributed by atoms with E-state index < -0.39 is 0 Å². The molecule has 0 aromatic rings. The molecule has 5 atom stereocenters. The van der Waals surface area contributed by atoms with E-state index in [9.17, 15) is 4.79 Å². The van der Waals surface area contributed by atoms with Crippen molar-refractivity contribution in [3.05, 3.63) is 0 Å². The van der Waals surface area contributed by atoms with Crippen molar-refractivity contribution in [1.82, 2.24) is 0 Å². The molecule has 0 aromatic carbocycles. The van der Waals surface area contributed by atoms with Crippen LogP contribution in [0, 0.1) is 0 Å². The van der Waals surface area contributed by atoms with Crippen molar-refractivity contribution in [2.24, 2.45) is 0 Å². The van der Waals surface area contributed by atoms with E-state index in [-0.39, 0.29) is 32.9 Å². The van der Waals surface area contributed by atoms with Crippen LogP contribution in [-0.2, 0) is 9.53 Å². The molecule has 5 unspecified atom stereocenters. The Morgan fingerprint density at radius 3 is 2.03 bits per heavy atom. The fourth-order valence-corrected chi connectivity index (χ4v) is 4.62. The van der Waals surface area contributed by atoms with Gasteiger partial charge in [-0.2, -0.15) is 0 Å². The molecular weight excluding hydrogens is 486 g/mol. The summed E-state index contributed by atoms with van der Waals surface area (Å²) in [5.74, 6) is -0.160. The van der Waals surface area contributed by atoms with Gasteiger partial charge in [0, 0.05) is 33.3 Å². The molecule has 0 saturated heterocycles. The summed E-state index contributed by atoms with van der Waals surface area (Å²) in [7, 11) is 0. The molecule has 0 aliphatic carbocycles. The van der Waals surface area contributed by atoms with Crippen LogP contribution in [0.2, 0.25) is 0 Å². The molecule has 0 rings (SSSR count). The van der Waals surface area contributed by atoms with Crippen molar-refractivity contribution < 1.29 is 9.53 Å². The van der Waals surface area contributed by atoms with Crippen LogP contribution >= 0.6 is 58.0 Å². The van der Waals surface area contributed by atoms with Gasteiger partial charge >= 0.3 is 5.97 Å². The topological polar surface area (TPSA) is 26.3 Å². The molecule has 0 N–H and O–H groups in total. The molecule has 30 heavy (non-hydrogen) atoms. The molecule has 0 heterocycles. The average Bonchev–Trinajstić information content (AvgIpc) is 2.72. The predicted octanol–water partition coefficient (Wildman–Crippen LogP) is 9.07. The molecule has 0 spiro atoms. The number of ether oxygens (including phenoxy) is 1. The van der Waals surface area contributed by atoms with Crippen molar-refractivity contribution in [1.29, 1.82) is 0 Å². The number of esters is 1. The number of hydrogen-bond acceptors (Lipinski definition) is 2. The van der Waals surface area contributed by atoms with E-state index in [2.05, 4.69) is 13.8 Å². The second-order valence-corrected chi connectivity index (χ2v) is 11.1. The van der Waals surface area contributed by atoms with E-state index in [1.54, 1.807) is 0 Å². The van der Waals surface area contributed by atoms with Gasteiger partial charge in [-0.05, 0) is 51.4 Å². The van der Waals surface area contributed by atoms with Gasteiger partial charge in [-0.3, -0.25) is 4.79 Å². The third-order valence-electron chi connectivity index (χ3n) is 5.27. The van der Waals surface area contributed by atoms with Gasteiger partial charge in [-0.1, -0.05) is 46.0 Å². The van der Waals surface area contributed by atoms with Gasteiger partial charge in [0.2, 0.25) is 0 Å². The fourth-order valence-electron chi connectivity index (χ4n) is 3.18. The van der Waals surface area contributed by atoms with Crippen molar-refractivity contribution in [3.63, 3.8) is 0 Å². The zero-order chi connectivity index (χ0) is 22.8. The Balaban J connectivity index is 3.78. The Kier molecular flexibility index (Phi) is 21.2. The zero-order valence-electron chi connectivity index (χ0n) is 18.7. The predicted molar refractivity (Wildman–Crippen MR) is 135 cm³/mol. The largest absolute Gasteiger partial charge is 0.466 e. The van der Waals surface area contributed by atoms with Crippen molar-refractivity contribution in [2.75, 3.05) is 6.61 Å². The third-order valence-corrected chi connectivity index (χ3v) is 7.77. The maximum Gasteiger partial charge on any atom is 0.305 e. The van der Waals surface area contributed by atoms with E-state index in [1.807, 2.05) is 0 Å². The van der Waals surface area contributed by atoms with Gasteiger partial charge in [0.15, 0.2) is 0 Å². The van der Waals surface area contributed by atoms with Crippen molar-refractivity contribution >= 4 is 64.0 Å². The van der Waals surface area contributed by atoms with Gasteiger partial charge < -0.3 is 4.74 Å². The maximum absolute atomic E-state index is 11.8. The van der Waals surface area contributed by atoms with Crippen LogP contribution < -0.4 is 0 Å². The highest BCUT2D eigenvalue weighted by Crippen LogP contribution is 2.26. The van der Waals surface area contributed by atoms with Crippen molar-refractivity contribution in [2.45, 2.75) is 131 Å². The smallest absolute Gasteiger partial charge is 0.305 e. The third kappa shape index (κ3) is 18.5. The fraction of sp³-hybridized carbons (Fsp3) is 0.957. The Hall–Kier alpha value is 0.920. The average molecular weight is 527 g/mol. The number of hydrogen-bond donors (Lipinski definition) is 0. The normalized spacial score (nSPS) is 16.6. The first-order chi connectivity index (χ1) is 14.3. The van der Waals surface area contributed by atoms with Crippen LogP contribution in [0.5, 0.6) is 0 Å². The van der Waals surface area contributed by atoms with Crippen LogP contribution in [-0.4, -0.2) is 39.5 Å². The lowest BCUT2D eigenvalue weighted by molar-refractivity contribution is -0.143. The van der Waals surface area contributed by atoms with Gasteiger partial charge in [0.05, 0.1) is 6.61 Å². The first-order valence-electron chi connectivity index (χ1n) is 11.7. The molecule has 0 aliphatic heterocycles. The quantitative estimate of drug-likeness (QED) is 0.0898. The van der Waals surface area contributed by atoms with E-state index in [4.69, 9.17) is 62.7 Å². The summed E-state index contributed by atoms with van der Waals surface area (Å²) >= 11 is 31.7. The van der Waals surface area contributed by atoms with Gasteiger partial charge in [-0.15, -0.1) is 58.0 Å². The monoisotopic (exact) mass is 524 g/mol. The molecule has 0 bridgehead atoms. The summed E-state index contributed by atoms with van der Waals surface area (Å²) in [5, 5.41) is -0.0883. The first-order valence-corrected chi connectivity index (χ1v) is 13.8. The van der Waals surface area contributed by atoms with Crippen LogP contribution in [0.15, 0.2) is 0 Å². The number of unbranched alkanes of at least 4 members (excludes halogenated alkanes) is 4. The summed E-state index contributed by atoms with van der Waals surface area (Å²) in [5.41, 5.74) is 0. The molecule has 0 fully saturated rings. The highest BCUT2D eigenvalue weighted by molar-refractivity contribution is 6.30. The lowest BCUT2D eigenvalue weighted by atomic mass is 10.0. The number of carbonyl (C=O) groups is 1. The van der Waals surface area contributed by atoms with E-state index >= 15 is 0 Å². The van der Waals surface area contributed by atoms with Gasteiger partial charge in [-0.25, -0.2) is 0 Å². The molecular formula is C23H41Cl5O2. The highest BCUT2D eigenvalue weighted by Gasteiger charge is 2.19. The molecule has 0 saturated carbocycles. The molecule has 2 nitrogen and oxygen atoms in total. The number of halogens is 5. The number of alkyl halides is 5. The molecule has 180 valence electrons. The van der Waals surface area contributed by atoms with Gasteiger partial charge in [0.25, 0.3) is 0 Å². The second kappa shape index (κ2) is 20.5. The SMILES string of the molecule is CCCCCCCOC(=O)CCC(Cl)CCC(Cl)C(Cl)CCCC(Cl)CC(Cl)CC. The molecule has 0 amide bonds. The maximum atomic E-state index is 11.8. The van der Waals surface area contributed by atoms with E-state index in [0.29, 0.717) is 19.4 Å².